The number of benzene rings is 8. The van der Waals surface area contributed by atoms with Crippen molar-refractivity contribution >= 4 is 85.2 Å². The monoisotopic (exact) mass is 618 g/mol. The van der Waals surface area contributed by atoms with Gasteiger partial charge in [-0.1, -0.05) is 140 Å². The number of thiophene rings is 2. The van der Waals surface area contributed by atoms with Gasteiger partial charge >= 0.3 is 0 Å². The predicted octanol–water partition coefficient (Wildman–Crippen LogP) is 13.7. The second-order valence-corrected chi connectivity index (χ2v) is 14.1. The van der Waals surface area contributed by atoms with Gasteiger partial charge < -0.3 is 0 Å². The lowest BCUT2D eigenvalue weighted by molar-refractivity contribution is 1.70. The molecular weight excluding hydrogens is 593 g/mol. The van der Waals surface area contributed by atoms with Gasteiger partial charge in [-0.3, -0.25) is 0 Å². The van der Waals surface area contributed by atoms with E-state index in [0.29, 0.717) is 0 Å². The minimum absolute atomic E-state index is 1.27. The van der Waals surface area contributed by atoms with Crippen molar-refractivity contribution in [3.8, 4) is 32.7 Å². The summed E-state index contributed by atoms with van der Waals surface area (Å²) in [5.74, 6) is 0. The van der Waals surface area contributed by atoms with Crippen molar-refractivity contribution in [3.63, 3.8) is 0 Å². The predicted molar refractivity (Wildman–Crippen MR) is 204 cm³/mol. The molecule has 46 heavy (non-hydrogen) atoms. The molecule has 0 aliphatic rings. The summed E-state index contributed by atoms with van der Waals surface area (Å²) in [7, 11) is 0. The van der Waals surface area contributed by atoms with Crippen LogP contribution in [0.25, 0.3) is 95.3 Å². The molecule has 0 atom stereocenters. The average molecular weight is 619 g/mol. The van der Waals surface area contributed by atoms with Crippen molar-refractivity contribution in [2.45, 2.75) is 0 Å². The summed E-state index contributed by atoms with van der Waals surface area (Å²) in [6.45, 7) is 0. The molecule has 0 unspecified atom stereocenters. The molecule has 10 rings (SSSR count). The van der Waals surface area contributed by atoms with Crippen LogP contribution in [0.15, 0.2) is 158 Å². The SMILES string of the molecule is c1ccc(-c2cc3cc(-c4c5ccccc5c(-c5cccc6ccccc56)c5ccccc45)c4sc5ccccc5c4c3s2)cc1. The quantitative estimate of drug-likeness (QED) is 0.173. The second kappa shape index (κ2) is 10.1. The minimum Gasteiger partial charge on any atom is -0.135 e. The first-order valence-corrected chi connectivity index (χ1v) is 17.3. The van der Waals surface area contributed by atoms with E-state index in [0.717, 1.165) is 0 Å². The molecule has 0 nitrogen and oxygen atoms in total. The first-order chi connectivity index (χ1) is 22.8. The van der Waals surface area contributed by atoms with Crippen LogP contribution in [0.2, 0.25) is 0 Å². The zero-order valence-corrected chi connectivity index (χ0v) is 26.5. The Bertz CT molecular complexity index is 2740. The van der Waals surface area contributed by atoms with Crippen molar-refractivity contribution in [2.24, 2.45) is 0 Å². The van der Waals surface area contributed by atoms with Crippen LogP contribution < -0.4 is 0 Å². The lowest BCUT2D eigenvalue weighted by Gasteiger charge is -2.19. The van der Waals surface area contributed by atoms with Crippen LogP contribution in [0, 0.1) is 0 Å². The van der Waals surface area contributed by atoms with E-state index in [4.69, 9.17) is 0 Å². The van der Waals surface area contributed by atoms with Gasteiger partial charge in [0.15, 0.2) is 0 Å². The van der Waals surface area contributed by atoms with Crippen LogP contribution >= 0.6 is 22.7 Å². The average Bonchev–Trinajstić information content (AvgIpc) is 3.73. The van der Waals surface area contributed by atoms with E-state index >= 15 is 0 Å². The van der Waals surface area contributed by atoms with Crippen molar-refractivity contribution in [2.75, 3.05) is 0 Å². The summed E-state index contributed by atoms with van der Waals surface area (Å²) in [5.41, 5.74) is 6.50. The molecule has 0 aliphatic heterocycles. The van der Waals surface area contributed by atoms with E-state index in [1.165, 1.54) is 95.3 Å². The third kappa shape index (κ3) is 3.78. The summed E-state index contributed by atoms with van der Waals surface area (Å²) in [5, 5.41) is 11.7. The molecule has 2 heterocycles. The van der Waals surface area contributed by atoms with Crippen LogP contribution in [-0.4, -0.2) is 0 Å². The standard InChI is InChI=1S/C44H26S2/c1-2-14-28(15-3-1)39-26-29-25-37(44-42(43(29)46-39)36-22-10-11-24-38(36)45-44)41-34-20-8-6-18-32(34)40(33-19-7-9-21-35(33)41)31-23-12-16-27-13-4-5-17-30(27)31/h1-26H. The van der Waals surface area contributed by atoms with Crippen molar-refractivity contribution < 1.29 is 0 Å². The lowest BCUT2D eigenvalue weighted by Crippen LogP contribution is -1.91. The Morgan fingerprint density at radius 3 is 1.63 bits per heavy atom. The van der Waals surface area contributed by atoms with Crippen LogP contribution in [0.1, 0.15) is 0 Å². The molecule has 0 radical (unpaired) electrons. The van der Waals surface area contributed by atoms with E-state index in [2.05, 4.69) is 158 Å². The smallest absolute Gasteiger partial charge is 0.0448 e. The van der Waals surface area contributed by atoms with Crippen molar-refractivity contribution in [1.29, 1.82) is 0 Å². The molecule has 8 aromatic carbocycles. The molecule has 0 fully saturated rings. The Hall–Kier alpha value is -5.28. The van der Waals surface area contributed by atoms with Gasteiger partial charge in [-0.05, 0) is 78.2 Å². The van der Waals surface area contributed by atoms with E-state index in [-0.39, 0.29) is 0 Å². The van der Waals surface area contributed by atoms with Crippen molar-refractivity contribution in [3.05, 3.63) is 158 Å². The van der Waals surface area contributed by atoms with Gasteiger partial charge in [0.05, 0.1) is 0 Å². The highest BCUT2D eigenvalue weighted by atomic mass is 32.1. The second-order valence-electron chi connectivity index (χ2n) is 12.0. The Kier molecular flexibility index (Phi) is 5.72. The summed E-state index contributed by atoms with van der Waals surface area (Å²) < 4.78 is 4.07. The van der Waals surface area contributed by atoms with Gasteiger partial charge in [0, 0.05) is 35.3 Å². The van der Waals surface area contributed by atoms with E-state index in [9.17, 15) is 0 Å². The molecule has 0 spiro atoms. The number of hydrogen-bond donors (Lipinski definition) is 0. The van der Waals surface area contributed by atoms with Gasteiger partial charge in [-0.15, -0.1) is 22.7 Å². The lowest BCUT2D eigenvalue weighted by atomic mass is 9.84. The zero-order chi connectivity index (χ0) is 30.2. The molecular formula is C44H26S2. The topological polar surface area (TPSA) is 0 Å². The maximum absolute atomic E-state index is 2.47. The fourth-order valence-electron chi connectivity index (χ4n) is 7.47. The van der Waals surface area contributed by atoms with Crippen LogP contribution in [0.4, 0.5) is 0 Å². The van der Waals surface area contributed by atoms with Gasteiger partial charge in [0.2, 0.25) is 0 Å². The molecule has 0 saturated carbocycles. The van der Waals surface area contributed by atoms with Crippen LogP contribution in [0.5, 0.6) is 0 Å². The maximum Gasteiger partial charge on any atom is 0.0448 e. The molecule has 214 valence electrons. The Balaban J connectivity index is 1.38. The van der Waals surface area contributed by atoms with Gasteiger partial charge in [0.25, 0.3) is 0 Å². The maximum atomic E-state index is 2.47. The highest BCUT2D eigenvalue weighted by Gasteiger charge is 2.22. The fourth-order valence-corrected chi connectivity index (χ4v) is 9.98. The highest BCUT2D eigenvalue weighted by molar-refractivity contribution is 7.28. The van der Waals surface area contributed by atoms with Gasteiger partial charge in [-0.2, -0.15) is 0 Å². The van der Waals surface area contributed by atoms with E-state index in [1.807, 2.05) is 22.7 Å². The van der Waals surface area contributed by atoms with Gasteiger partial charge in [0.1, 0.15) is 0 Å². The number of fused-ring (bicyclic) bond motifs is 8. The Labute approximate surface area is 274 Å². The summed E-state index contributed by atoms with van der Waals surface area (Å²) in [4.78, 5) is 1.31. The zero-order valence-electron chi connectivity index (χ0n) is 24.8. The first-order valence-electron chi connectivity index (χ1n) is 15.7. The fraction of sp³-hybridized carbons (Fsp3) is 0. The van der Waals surface area contributed by atoms with Crippen LogP contribution in [-0.2, 0) is 0 Å². The summed E-state index contributed by atoms with van der Waals surface area (Å²) in [6, 6.07) is 58.2. The normalized spacial score (nSPS) is 11.9. The molecule has 0 amide bonds. The Morgan fingerprint density at radius 2 is 0.913 bits per heavy atom. The highest BCUT2D eigenvalue weighted by Crippen LogP contribution is 2.52. The number of rotatable bonds is 3. The third-order valence-corrected chi connectivity index (χ3v) is 11.9. The van der Waals surface area contributed by atoms with Crippen molar-refractivity contribution in [1.82, 2.24) is 0 Å². The minimum atomic E-state index is 1.27. The van der Waals surface area contributed by atoms with E-state index in [1.54, 1.807) is 0 Å². The third-order valence-electron chi connectivity index (χ3n) is 9.45. The summed E-state index contributed by atoms with van der Waals surface area (Å²) in [6.07, 6.45) is 0. The van der Waals surface area contributed by atoms with E-state index < -0.39 is 0 Å². The number of hydrogen-bond acceptors (Lipinski definition) is 2. The molecule has 0 N–H and O–H groups in total. The molecule has 2 heteroatoms. The molecule has 0 bridgehead atoms. The molecule has 2 aromatic heterocycles. The van der Waals surface area contributed by atoms with Gasteiger partial charge in [-0.25, -0.2) is 0 Å². The molecule has 0 saturated heterocycles. The Morgan fingerprint density at radius 1 is 0.348 bits per heavy atom. The summed E-state index contributed by atoms with van der Waals surface area (Å²) >= 11 is 3.85. The van der Waals surface area contributed by atoms with Crippen LogP contribution in [0.3, 0.4) is 0 Å². The first kappa shape index (κ1) is 26.0. The molecule has 0 aliphatic carbocycles. The largest absolute Gasteiger partial charge is 0.135 e. The molecule has 10 aromatic rings.